The van der Waals surface area contributed by atoms with Crippen molar-refractivity contribution < 1.29 is 5.11 Å². The largest absolute Gasteiger partial charge is 0.388 e. The highest BCUT2D eigenvalue weighted by molar-refractivity contribution is 9.10. The fourth-order valence-electron chi connectivity index (χ4n) is 1.81. The molecule has 0 aliphatic heterocycles. The molecule has 1 nitrogen and oxygen atoms in total. The first-order valence-corrected chi connectivity index (χ1v) is 4.95. The van der Waals surface area contributed by atoms with E-state index in [0.29, 0.717) is 5.92 Å². The quantitative estimate of drug-likeness (QED) is 0.722. The van der Waals surface area contributed by atoms with Gasteiger partial charge in [-0.3, -0.25) is 0 Å². The summed E-state index contributed by atoms with van der Waals surface area (Å²) in [5.74, 6) is 0.360. The summed E-state index contributed by atoms with van der Waals surface area (Å²) in [6.07, 6.45) is 0.718. The molecule has 2 unspecified atom stereocenters. The zero-order chi connectivity index (χ0) is 8.72. The van der Waals surface area contributed by atoms with E-state index in [-0.39, 0.29) is 6.10 Å². The van der Waals surface area contributed by atoms with Gasteiger partial charge in [-0.2, -0.15) is 0 Å². The Hall–Kier alpha value is -0.340. The minimum absolute atomic E-state index is 0.266. The van der Waals surface area contributed by atoms with E-state index in [1.165, 1.54) is 5.56 Å². The first kappa shape index (κ1) is 8.27. The van der Waals surface area contributed by atoms with Crippen LogP contribution in [0, 0.1) is 5.92 Å². The summed E-state index contributed by atoms with van der Waals surface area (Å²) in [4.78, 5) is 0. The normalized spacial score (nSPS) is 27.2. The Bertz CT molecular complexity index is 309. The monoisotopic (exact) mass is 226 g/mol. The van der Waals surface area contributed by atoms with Crippen molar-refractivity contribution in [2.75, 3.05) is 0 Å². The van der Waals surface area contributed by atoms with Crippen LogP contribution < -0.4 is 0 Å². The van der Waals surface area contributed by atoms with Gasteiger partial charge in [0.2, 0.25) is 0 Å². The Balaban J connectivity index is 2.53. The summed E-state index contributed by atoms with van der Waals surface area (Å²) in [5.41, 5.74) is 2.37. The average Bonchev–Trinajstić information content (AvgIpc) is 2.32. The van der Waals surface area contributed by atoms with Crippen LogP contribution in [0.5, 0.6) is 0 Å². The van der Waals surface area contributed by atoms with Gasteiger partial charge in [0.15, 0.2) is 0 Å². The van der Waals surface area contributed by atoms with Gasteiger partial charge >= 0.3 is 0 Å². The topological polar surface area (TPSA) is 20.2 Å². The molecule has 1 aliphatic carbocycles. The van der Waals surface area contributed by atoms with Crippen molar-refractivity contribution in [2.24, 2.45) is 5.92 Å². The fraction of sp³-hybridized carbons (Fsp3) is 0.400. The maximum absolute atomic E-state index is 9.75. The summed E-state index contributed by atoms with van der Waals surface area (Å²) >= 11 is 3.49. The lowest BCUT2D eigenvalue weighted by atomic mass is 10.1. The molecule has 1 aromatic rings. The van der Waals surface area contributed by atoms with Crippen molar-refractivity contribution >= 4 is 15.9 Å². The van der Waals surface area contributed by atoms with Crippen LogP contribution in [0.1, 0.15) is 24.2 Å². The molecule has 64 valence electrons. The average molecular weight is 227 g/mol. The smallest absolute Gasteiger partial charge is 0.0821 e. The molecule has 0 saturated heterocycles. The summed E-state index contributed by atoms with van der Waals surface area (Å²) in [5, 5.41) is 9.75. The van der Waals surface area contributed by atoms with Crippen LogP contribution in [0.25, 0.3) is 0 Å². The number of hydrogen-bond acceptors (Lipinski definition) is 1. The second-order valence-corrected chi connectivity index (χ2v) is 4.29. The SMILES string of the molecule is CC1Cc2c(Br)cccc2C1O. The van der Waals surface area contributed by atoms with Crippen molar-refractivity contribution in [3.63, 3.8) is 0 Å². The van der Waals surface area contributed by atoms with Crippen LogP contribution in [-0.4, -0.2) is 5.11 Å². The number of hydrogen-bond donors (Lipinski definition) is 1. The van der Waals surface area contributed by atoms with Gasteiger partial charge in [0.05, 0.1) is 6.10 Å². The third-order valence-corrected chi connectivity index (χ3v) is 3.28. The highest BCUT2D eigenvalue weighted by Crippen LogP contribution is 2.38. The number of aliphatic hydroxyl groups excluding tert-OH is 1. The maximum atomic E-state index is 9.75. The van der Waals surface area contributed by atoms with Gasteiger partial charge in [0, 0.05) is 4.47 Å². The van der Waals surface area contributed by atoms with Gasteiger partial charge in [-0.1, -0.05) is 35.0 Å². The van der Waals surface area contributed by atoms with Crippen LogP contribution in [0.3, 0.4) is 0 Å². The first-order chi connectivity index (χ1) is 5.70. The van der Waals surface area contributed by atoms with E-state index in [9.17, 15) is 5.11 Å². The lowest BCUT2D eigenvalue weighted by Gasteiger charge is -2.07. The molecule has 2 heteroatoms. The van der Waals surface area contributed by atoms with Gasteiger partial charge in [-0.15, -0.1) is 0 Å². The van der Waals surface area contributed by atoms with E-state index < -0.39 is 0 Å². The maximum Gasteiger partial charge on any atom is 0.0821 e. The molecule has 0 heterocycles. The number of halogens is 1. The molecule has 0 aromatic heterocycles. The molecule has 1 aliphatic rings. The molecule has 0 spiro atoms. The highest BCUT2D eigenvalue weighted by atomic mass is 79.9. The third-order valence-electron chi connectivity index (χ3n) is 2.54. The minimum atomic E-state index is -0.266. The number of benzene rings is 1. The number of rotatable bonds is 0. The zero-order valence-corrected chi connectivity index (χ0v) is 8.51. The van der Waals surface area contributed by atoms with E-state index in [1.807, 2.05) is 18.2 Å². The minimum Gasteiger partial charge on any atom is -0.388 e. The van der Waals surface area contributed by atoms with E-state index in [2.05, 4.69) is 22.9 Å². The first-order valence-electron chi connectivity index (χ1n) is 4.15. The van der Waals surface area contributed by atoms with Crippen molar-refractivity contribution in [1.29, 1.82) is 0 Å². The number of aliphatic hydroxyl groups is 1. The lowest BCUT2D eigenvalue weighted by Crippen LogP contribution is -2.00. The van der Waals surface area contributed by atoms with Crippen molar-refractivity contribution in [2.45, 2.75) is 19.4 Å². The molecule has 0 saturated carbocycles. The molecule has 0 bridgehead atoms. The van der Waals surface area contributed by atoms with Gasteiger partial charge in [0.25, 0.3) is 0 Å². The van der Waals surface area contributed by atoms with E-state index >= 15 is 0 Å². The predicted octanol–water partition coefficient (Wildman–Crippen LogP) is 2.67. The molecule has 2 atom stereocenters. The van der Waals surface area contributed by atoms with Crippen molar-refractivity contribution in [1.82, 2.24) is 0 Å². The lowest BCUT2D eigenvalue weighted by molar-refractivity contribution is 0.133. The Morgan fingerprint density at radius 3 is 2.92 bits per heavy atom. The summed E-state index contributed by atoms with van der Waals surface area (Å²) < 4.78 is 1.13. The third kappa shape index (κ3) is 1.10. The van der Waals surface area contributed by atoms with Gasteiger partial charge in [-0.25, -0.2) is 0 Å². The summed E-state index contributed by atoms with van der Waals surface area (Å²) in [6.45, 7) is 2.08. The fourth-order valence-corrected chi connectivity index (χ4v) is 2.35. The van der Waals surface area contributed by atoms with Crippen molar-refractivity contribution in [3.05, 3.63) is 33.8 Å². The van der Waals surface area contributed by atoms with E-state index in [4.69, 9.17) is 0 Å². The van der Waals surface area contributed by atoms with Crippen LogP contribution in [0.4, 0.5) is 0 Å². The molecule has 0 radical (unpaired) electrons. The van der Waals surface area contributed by atoms with Gasteiger partial charge in [-0.05, 0) is 29.5 Å². The van der Waals surface area contributed by atoms with Crippen LogP contribution in [0.15, 0.2) is 22.7 Å². The molecular formula is C10H11BrO. The summed E-state index contributed by atoms with van der Waals surface area (Å²) in [7, 11) is 0. The Morgan fingerprint density at radius 2 is 2.25 bits per heavy atom. The van der Waals surface area contributed by atoms with E-state index in [1.54, 1.807) is 0 Å². The zero-order valence-electron chi connectivity index (χ0n) is 6.92. The van der Waals surface area contributed by atoms with Crippen LogP contribution >= 0.6 is 15.9 Å². The highest BCUT2D eigenvalue weighted by Gasteiger charge is 2.28. The molecule has 1 aromatic carbocycles. The second-order valence-electron chi connectivity index (χ2n) is 3.43. The number of fused-ring (bicyclic) bond motifs is 1. The predicted molar refractivity (Wildman–Crippen MR) is 52.0 cm³/mol. The van der Waals surface area contributed by atoms with Crippen LogP contribution in [-0.2, 0) is 6.42 Å². The second kappa shape index (κ2) is 2.86. The Morgan fingerprint density at radius 1 is 1.50 bits per heavy atom. The van der Waals surface area contributed by atoms with Crippen LogP contribution in [0.2, 0.25) is 0 Å². The molecule has 1 N–H and O–H groups in total. The molecule has 2 rings (SSSR count). The molecule has 0 amide bonds. The Labute approximate surface area is 80.5 Å². The molecule has 0 fully saturated rings. The van der Waals surface area contributed by atoms with Gasteiger partial charge in [0.1, 0.15) is 0 Å². The molecule has 12 heavy (non-hydrogen) atoms. The van der Waals surface area contributed by atoms with Gasteiger partial charge < -0.3 is 5.11 Å². The standard InChI is InChI=1S/C10H11BrO/c1-6-5-8-7(10(6)12)3-2-4-9(8)11/h2-4,6,10,12H,5H2,1H3. The van der Waals surface area contributed by atoms with E-state index in [0.717, 1.165) is 16.5 Å². The van der Waals surface area contributed by atoms with Crippen molar-refractivity contribution in [3.8, 4) is 0 Å². The summed E-state index contributed by atoms with van der Waals surface area (Å²) in [6, 6.07) is 6.02. The Kier molecular flexibility index (Phi) is 1.97. The molecular weight excluding hydrogens is 216 g/mol.